The Balaban J connectivity index is 1.08. The quantitative estimate of drug-likeness (QED) is 0.151. The minimum absolute atomic E-state index is 0.897. The second-order valence-electron chi connectivity index (χ2n) is 14.9. The van der Waals surface area contributed by atoms with Crippen molar-refractivity contribution >= 4 is 60.5 Å². The minimum atomic E-state index is 0.897. The van der Waals surface area contributed by atoms with Crippen LogP contribution in [0.5, 0.6) is 0 Å². The monoisotopic (exact) mass is 739 g/mol. The molecule has 0 bridgehead atoms. The van der Waals surface area contributed by atoms with Crippen LogP contribution < -0.4 is 4.90 Å². The Morgan fingerprint density at radius 3 is 1.14 bits per heavy atom. The fourth-order valence-corrected chi connectivity index (χ4v) is 8.63. The average Bonchev–Trinajstić information content (AvgIpc) is 3.71. The maximum absolute atomic E-state index is 7.05. The van der Waals surface area contributed by atoms with Crippen LogP contribution in [0.3, 0.4) is 0 Å². The summed E-state index contributed by atoms with van der Waals surface area (Å²) in [6.45, 7) is 0. The number of hydrogen-bond donors (Lipinski definition) is 0. The molecule has 0 saturated carbocycles. The van der Waals surface area contributed by atoms with E-state index in [9.17, 15) is 0 Å². The summed E-state index contributed by atoms with van der Waals surface area (Å²) in [4.78, 5) is 2.34. The second-order valence-corrected chi connectivity index (χ2v) is 14.9. The predicted octanol–water partition coefficient (Wildman–Crippen LogP) is 16.0. The normalized spacial score (nSPS) is 11.4. The molecule has 0 aliphatic heterocycles. The summed E-state index contributed by atoms with van der Waals surface area (Å²) in [5.41, 5.74) is 14.3. The highest BCUT2D eigenvalue weighted by Crippen LogP contribution is 2.46. The van der Waals surface area contributed by atoms with Gasteiger partial charge < -0.3 is 9.32 Å². The summed E-state index contributed by atoms with van der Waals surface area (Å²) in [6.07, 6.45) is 0. The molecule has 2 heteroatoms. The summed E-state index contributed by atoms with van der Waals surface area (Å²) in [6, 6.07) is 80.4. The first-order valence-electron chi connectivity index (χ1n) is 19.8. The zero-order chi connectivity index (χ0) is 38.4. The first kappa shape index (κ1) is 33.6. The van der Waals surface area contributed by atoms with E-state index in [1.165, 1.54) is 44.0 Å². The molecule has 272 valence electrons. The number of fused-ring (bicyclic) bond motifs is 8. The SMILES string of the molecule is c1ccc(-c2ccc(N(c3ccc(-c4ccccc4)cc3)c3ccc(-c4cc(-c5ccccc5)cc5c4oc4c6ccccc6c6ccccc6c54)cc3)cc2)cc1. The summed E-state index contributed by atoms with van der Waals surface area (Å²) < 4.78 is 7.05. The molecule has 0 saturated heterocycles. The van der Waals surface area contributed by atoms with Crippen molar-refractivity contribution in [3.8, 4) is 44.5 Å². The highest BCUT2D eigenvalue weighted by atomic mass is 16.3. The van der Waals surface area contributed by atoms with Crippen LogP contribution in [0, 0.1) is 0 Å². The van der Waals surface area contributed by atoms with Crippen LogP contribution >= 0.6 is 0 Å². The van der Waals surface area contributed by atoms with E-state index in [2.05, 4.69) is 229 Å². The third-order valence-corrected chi connectivity index (χ3v) is 11.5. The molecule has 1 heterocycles. The van der Waals surface area contributed by atoms with E-state index in [0.717, 1.165) is 61.1 Å². The van der Waals surface area contributed by atoms with E-state index >= 15 is 0 Å². The molecule has 10 aromatic carbocycles. The van der Waals surface area contributed by atoms with Crippen LogP contribution in [-0.4, -0.2) is 0 Å². The average molecular weight is 740 g/mol. The van der Waals surface area contributed by atoms with Crippen LogP contribution in [0.1, 0.15) is 0 Å². The molecule has 0 aliphatic rings. The van der Waals surface area contributed by atoms with Gasteiger partial charge in [-0.1, -0.05) is 176 Å². The van der Waals surface area contributed by atoms with Gasteiger partial charge in [0.2, 0.25) is 0 Å². The molecule has 0 atom stereocenters. The number of rotatable bonds is 7. The van der Waals surface area contributed by atoms with Crippen molar-refractivity contribution in [3.05, 3.63) is 224 Å². The zero-order valence-electron chi connectivity index (χ0n) is 31.7. The Morgan fingerprint density at radius 2 is 0.638 bits per heavy atom. The maximum Gasteiger partial charge on any atom is 0.143 e. The van der Waals surface area contributed by atoms with Crippen LogP contribution in [0.25, 0.3) is 88.0 Å². The van der Waals surface area contributed by atoms with Gasteiger partial charge in [0.1, 0.15) is 11.2 Å². The first-order valence-corrected chi connectivity index (χ1v) is 19.8. The van der Waals surface area contributed by atoms with Crippen molar-refractivity contribution in [1.82, 2.24) is 0 Å². The lowest BCUT2D eigenvalue weighted by molar-refractivity contribution is 0.674. The van der Waals surface area contributed by atoms with Crippen molar-refractivity contribution in [2.75, 3.05) is 4.90 Å². The highest BCUT2D eigenvalue weighted by molar-refractivity contribution is 6.31. The maximum atomic E-state index is 7.05. The molecule has 11 rings (SSSR count). The van der Waals surface area contributed by atoms with Crippen LogP contribution in [-0.2, 0) is 0 Å². The van der Waals surface area contributed by atoms with Gasteiger partial charge in [-0.25, -0.2) is 0 Å². The van der Waals surface area contributed by atoms with Gasteiger partial charge in [0.15, 0.2) is 0 Å². The molecule has 11 aromatic rings. The van der Waals surface area contributed by atoms with Crippen LogP contribution in [0.2, 0.25) is 0 Å². The third kappa shape index (κ3) is 5.82. The molecule has 2 nitrogen and oxygen atoms in total. The van der Waals surface area contributed by atoms with E-state index in [1.807, 2.05) is 0 Å². The van der Waals surface area contributed by atoms with Gasteiger partial charge in [0.05, 0.1) is 0 Å². The standard InChI is InChI=1S/C56H37NO/c1-4-14-38(15-5-1)41-24-30-45(31-25-41)57(46-32-26-42(27-33-46)39-16-6-2-7-17-39)47-34-28-43(29-35-47)52-36-44(40-18-8-3-9-19-40)37-53-54-50-22-12-10-20-48(50)49-21-11-13-23-51(49)56(54)58-55(52)53/h1-37H. The molecule has 0 fully saturated rings. The molecule has 0 N–H and O–H groups in total. The third-order valence-electron chi connectivity index (χ3n) is 11.5. The van der Waals surface area contributed by atoms with Crippen molar-refractivity contribution in [3.63, 3.8) is 0 Å². The van der Waals surface area contributed by atoms with E-state index in [1.54, 1.807) is 0 Å². The van der Waals surface area contributed by atoms with E-state index in [0.29, 0.717) is 0 Å². The molecule has 0 unspecified atom stereocenters. The predicted molar refractivity (Wildman–Crippen MR) is 245 cm³/mol. The molecular formula is C56H37NO. The number of anilines is 3. The smallest absolute Gasteiger partial charge is 0.143 e. The Labute approximate surface area is 337 Å². The van der Waals surface area contributed by atoms with Crippen molar-refractivity contribution in [2.24, 2.45) is 0 Å². The molecule has 0 aliphatic carbocycles. The zero-order valence-corrected chi connectivity index (χ0v) is 31.7. The van der Waals surface area contributed by atoms with E-state index in [-0.39, 0.29) is 0 Å². The van der Waals surface area contributed by atoms with Crippen molar-refractivity contribution in [2.45, 2.75) is 0 Å². The number of furan rings is 1. The molecule has 58 heavy (non-hydrogen) atoms. The lowest BCUT2D eigenvalue weighted by Crippen LogP contribution is -2.09. The second kappa shape index (κ2) is 14.1. The molecular weight excluding hydrogens is 703 g/mol. The lowest BCUT2D eigenvalue weighted by atomic mass is 9.93. The number of hydrogen-bond acceptors (Lipinski definition) is 2. The minimum Gasteiger partial charge on any atom is -0.455 e. The Kier molecular flexibility index (Phi) is 8.19. The van der Waals surface area contributed by atoms with Crippen molar-refractivity contribution < 1.29 is 4.42 Å². The lowest BCUT2D eigenvalue weighted by Gasteiger charge is -2.26. The van der Waals surface area contributed by atoms with Gasteiger partial charge in [-0.05, 0) is 104 Å². The summed E-state index contributed by atoms with van der Waals surface area (Å²) in [5, 5.41) is 7.04. The van der Waals surface area contributed by atoms with E-state index in [4.69, 9.17) is 4.42 Å². The van der Waals surface area contributed by atoms with E-state index < -0.39 is 0 Å². The summed E-state index contributed by atoms with van der Waals surface area (Å²) in [7, 11) is 0. The largest absolute Gasteiger partial charge is 0.455 e. The summed E-state index contributed by atoms with van der Waals surface area (Å²) >= 11 is 0. The van der Waals surface area contributed by atoms with Gasteiger partial charge in [-0.15, -0.1) is 0 Å². The Hall–Kier alpha value is -7.68. The first-order chi connectivity index (χ1) is 28.8. The molecule has 0 spiro atoms. The number of benzene rings is 10. The highest BCUT2D eigenvalue weighted by Gasteiger charge is 2.21. The molecule has 1 aromatic heterocycles. The van der Waals surface area contributed by atoms with Crippen molar-refractivity contribution in [1.29, 1.82) is 0 Å². The fraction of sp³-hybridized carbons (Fsp3) is 0. The van der Waals surface area contributed by atoms with Gasteiger partial charge >= 0.3 is 0 Å². The number of nitrogens with zero attached hydrogens (tertiary/aromatic N) is 1. The van der Waals surface area contributed by atoms with Gasteiger partial charge in [-0.3, -0.25) is 0 Å². The summed E-state index contributed by atoms with van der Waals surface area (Å²) in [5.74, 6) is 0. The molecule has 0 amide bonds. The van der Waals surface area contributed by atoms with Gasteiger partial charge in [0.25, 0.3) is 0 Å². The Bertz CT molecular complexity index is 3140. The van der Waals surface area contributed by atoms with Gasteiger partial charge in [-0.2, -0.15) is 0 Å². The van der Waals surface area contributed by atoms with Crippen LogP contribution in [0.15, 0.2) is 229 Å². The van der Waals surface area contributed by atoms with Crippen LogP contribution in [0.4, 0.5) is 17.1 Å². The fourth-order valence-electron chi connectivity index (χ4n) is 8.63. The topological polar surface area (TPSA) is 16.4 Å². The Morgan fingerprint density at radius 1 is 0.259 bits per heavy atom. The van der Waals surface area contributed by atoms with Gasteiger partial charge in [0, 0.05) is 38.8 Å². The molecule has 0 radical (unpaired) electrons.